The van der Waals surface area contributed by atoms with Gasteiger partial charge in [-0.1, -0.05) is 0 Å². The van der Waals surface area contributed by atoms with Gasteiger partial charge in [-0.05, 0) is 20.9 Å². The fourth-order valence-electron chi connectivity index (χ4n) is 2.11. The number of nitrogens with zero attached hydrogens (tertiary/aromatic N) is 2. The van der Waals surface area contributed by atoms with Crippen molar-refractivity contribution in [1.29, 1.82) is 0 Å². The third-order valence-electron chi connectivity index (χ3n) is 2.62. The van der Waals surface area contributed by atoms with E-state index in [0.717, 1.165) is 13.1 Å². The molecule has 1 heterocycles. The summed E-state index contributed by atoms with van der Waals surface area (Å²) in [7, 11) is 2.11. The average Bonchev–Trinajstić information content (AvgIpc) is 1.96. The molecule has 2 atom stereocenters. The molecule has 0 aromatic heterocycles. The van der Waals surface area contributed by atoms with Crippen molar-refractivity contribution in [3.8, 4) is 0 Å². The molecule has 1 fully saturated rings. The molecule has 0 bridgehead atoms. The highest BCUT2D eigenvalue weighted by Gasteiger charge is 2.28. The molecule has 4 nitrogen and oxygen atoms in total. The first-order valence-corrected chi connectivity index (χ1v) is 4.73. The zero-order chi connectivity index (χ0) is 10.0. The zero-order valence-corrected chi connectivity index (χ0v) is 8.66. The van der Waals surface area contributed by atoms with Gasteiger partial charge in [0.05, 0.1) is 6.54 Å². The number of hydrogen-bond acceptors (Lipinski definition) is 3. The first-order chi connectivity index (χ1) is 6.00. The van der Waals surface area contributed by atoms with E-state index in [-0.39, 0.29) is 5.91 Å². The number of amides is 1. The Morgan fingerprint density at radius 2 is 1.85 bits per heavy atom. The van der Waals surface area contributed by atoms with Crippen LogP contribution in [0, 0.1) is 0 Å². The summed E-state index contributed by atoms with van der Waals surface area (Å²) in [5.74, 6) is -0.233. The third-order valence-corrected chi connectivity index (χ3v) is 2.62. The standard InChI is InChI=1S/C9H19N3O/c1-7-4-11(3)5-8(2)12(7)6-9(10)13/h7-8H,4-6H2,1-3H3,(H2,10,13)/t7-,8+. The van der Waals surface area contributed by atoms with E-state index in [1.54, 1.807) is 0 Å². The van der Waals surface area contributed by atoms with E-state index in [4.69, 9.17) is 5.73 Å². The van der Waals surface area contributed by atoms with Gasteiger partial charge in [0.15, 0.2) is 0 Å². The van der Waals surface area contributed by atoms with Crippen LogP contribution in [0.1, 0.15) is 13.8 Å². The van der Waals surface area contributed by atoms with Crippen LogP contribution in [0.2, 0.25) is 0 Å². The molecular weight excluding hydrogens is 166 g/mol. The van der Waals surface area contributed by atoms with Crippen LogP contribution in [-0.4, -0.2) is 54.5 Å². The maximum atomic E-state index is 10.8. The second-order valence-corrected chi connectivity index (χ2v) is 4.06. The van der Waals surface area contributed by atoms with Crippen molar-refractivity contribution in [2.75, 3.05) is 26.7 Å². The summed E-state index contributed by atoms with van der Waals surface area (Å²) in [6.45, 7) is 6.68. The second kappa shape index (κ2) is 4.07. The maximum absolute atomic E-state index is 10.8. The van der Waals surface area contributed by atoms with Crippen LogP contribution in [0.3, 0.4) is 0 Å². The fraction of sp³-hybridized carbons (Fsp3) is 0.889. The summed E-state index contributed by atoms with van der Waals surface area (Å²) in [6.07, 6.45) is 0. The van der Waals surface area contributed by atoms with E-state index in [1.165, 1.54) is 0 Å². The number of primary amides is 1. The average molecular weight is 185 g/mol. The topological polar surface area (TPSA) is 49.6 Å². The summed E-state index contributed by atoms with van der Waals surface area (Å²) in [5.41, 5.74) is 5.19. The lowest BCUT2D eigenvalue weighted by Crippen LogP contribution is -2.57. The molecule has 0 unspecified atom stereocenters. The van der Waals surface area contributed by atoms with Crippen LogP contribution >= 0.6 is 0 Å². The van der Waals surface area contributed by atoms with Crippen molar-refractivity contribution in [3.05, 3.63) is 0 Å². The van der Waals surface area contributed by atoms with Gasteiger partial charge >= 0.3 is 0 Å². The smallest absolute Gasteiger partial charge is 0.231 e. The molecule has 0 aliphatic carbocycles. The van der Waals surface area contributed by atoms with E-state index in [2.05, 4.69) is 30.7 Å². The monoisotopic (exact) mass is 185 g/mol. The lowest BCUT2D eigenvalue weighted by Gasteiger charge is -2.42. The lowest BCUT2D eigenvalue weighted by atomic mass is 10.1. The molecule has 0 saturated carbocycles. The van der Waals surface area contributed by atoms with E-state index >= 15 is 0 Å². The Labute approximate surface area is 79.7 Å². The molecule has 0 aromatic carbocycles. The summed E-state index contributed by atoms with van der Waals surface area (Å²) in [4.78, 5) is 15.3. The Hall–Kier alpha value is -0.610. The fourth-order valence-corrected chi connectivity index (χ4v) is 2.11. The summed E-state index contributed by atoms with van der Waals surface area (Å²) in [6, 6.07) is 0.836. The van der Waals surface area contributed by atoms with Crippen molar-refractivity contribution in [1.82, 2.24) is 9.80 Å². The number of likely N-dealkylation sites (N-methyl/N-ethyl adjacent to an activating group) is 1. The number of nitrogens with two attached hydrogens (primary N) is 1. The van der Waals surface area contributed by atoms with Crippen molar-refractivity contribution >= 4 is 5.91 Å². The first kappa shape index (κ1) is 10.5. The number of carbonyl (C=O) groups is 1. The summed E-state index contributed by atoms with van der Waals surface area (Å²) in [5, 5.41) is 0. The van der Waals surface area contributed by atoms with E-state index in [9.17, 15) is 4.79 Å². The first-order valence-electron chi connectivity index (χ1n) is 4.73. The van der Waals surface area contributed by atoms with E-state index in [1.807, 2.05) is 0 Å². The van der Waals surface area contributed by atoms with Crippen molar-refractivity contribution in [2.45, 2.75) is 25.9 Å². The Morgan fingerprint density at radius 1 is 1.38 bits per heavy atom. The summed E-state index contributed by atoms with van der Waals surface area (Å²) < 4.78 is 0. The van der Waals surface area contributed by atoms with Gasteiger partial charge in [-0.25, -0.2) is 0 Å². The summed E-state index contributed by atoms with van der Waals surface area (Å²) >= 11 is 0. The van der Waals surface area contributed by atoms with Gasteiger partial charge in [0.2, 0.25) is 5.91 Å². The molecule has 1 saturated heterocycles. The molecule has 1 rings (SSSR count). The Morgan fingerprint density at radius 3 is 2.23 bits per heavy atom. The Bertz CT molecular complexity index is 183. The van der Waals surface area contributed by atoms with Gasteiger partial charge in [-0.15, -0.1) is 0 Å². The minimum absolute atomic E-state index is 0.233. The zero-order valence-electron chi connectivity index (χ0n) is 8.66. The van der Waals surface area contributed by atoms with Crippen LogP contribution in [0.4, 0.5) is 0 Å². The molecule has 1 amide bonds. The predicted octanol–water partition coefficient (Wildman–Crippen LogP) is -0.504. The quantitative estimate of drug-likeness (QED) is 0.631. The van der Waals surface area contributed by atoms with Gasteiger partial charge in [-0.3, -0.25) is 9.69 Å². The van der Waals surface area contributed by atoms with Crippen LogP contribution in [-0.2, 0) is 4.79 Å². The van der Waals surface area contributed by atoms with Crippen molar-refractivity contribution in [3.63, 3.8) is 0 Å². The highest BCUT2D eigenvalue weighted by Crippen LogP contribution is 2.13. The number of piperazine rings is 1. The van der Waals surface area contributed by atoms with Crippen LogP contribution in [0.25, 0.3) is 0 Å². The highest BCUT2D eigenvalue weighted by molar-refractivity contribution is 5.76. The molecular formula is C9H19N3O. The largest absolute Gasteiger partial charge is 0.369 e. The predicted molar refractivity (Wildman–Crippen MR) is 52.3 cm³/mol. The third kappa shape index (κ3) is 2.67. The van der Waals surface area contributed by atoms with Crippen LogP contribution < -0.4 is 5.73 Å². The van der Waals surface area contributed by atoms with Gasteiger partial charge < -0.3 is 10.6 Å². The number of rotatable bonds is 2. The number of hydrogen-bond donors (Lipinski definition) is 1. The van der Waals surface area contributed by atoms with Gasteiger partial charge in [0, 0.05) is 25.2 Å². The second-order valence-electron chi connectivity index (χ2n) is 4.06. The van der Waals surface area contributed by atoms with E-state index in [0.29, 0.717) is 18.6 Å². The van der Waals surface area contributed by atoms with Crippen molar-refractivity contribution < 1.29 is 4.79 Å². The minimum Gasteiger partial charge on any atom is -0.369 e. The van der Waals surface area contributed by atoms with Gasteiger partial charge in [-0.2, -0.15) is 0 Å². The van der Waals surface area contributed by atoms with Gasteiger partial charge in [0.1, 0.15) is 0 Å². The minimum atomic E-state index is -0.233. The molecule has 2 N–H and O–H groups in total. The normalized spacial score (nSPS) is 31.9. The van der Waals surface area contributed by atoms with Crippen LogP contribution in [0.5, 0.6) is 0 Å². The molecule has 1 aliphatic heterocycles. The molecule has 76 valence electrons. The Balaban J connectivity index is 2.56. The molecule has 0 radical (unpaired) electrons. The Kier molecular flexibility index (Phi) is 3.27. The maximum Gasteiger partial charge on any atom is 0.231 e. The molecule has 0 aromatic rings. The van der Waals surface area contributed by atoms with Crippen LogP contribution in [0.15, 0.2) is 0 Å². The van der Waals surface area contributed by atoms with Gasteiger partial charge in [0.25, 0.3) is 0 Å². The molecule has 4 heteroatoms. The van der Waals surface area contributed by atoms with E-state index < -0.39 is 0 Å². The molecule has 1 aliphatic rings. The number of carbonyl (C=O) groups excluding carboxylic acids is 1. The highest BCUT2D eigenvalue weighted by atomic mass is 16.1. The lowest BCUT2D eigenvalue weighted by molar-refractivity contribution is -0.121. The SMILES string of the molecule is C[C@@H]1CN(C)C[C@H](C)N1CC(N)=O. The molecule has 0 spiro atoms. The van der Waals surface area contributed by atoms with Crippen molar-refractivity contribution in [2.24, 2.45) is 5.73 Å². The molecule has 13 heavy (non-hydrogen) atoms.